The zero-order chi connectivity index (χ0) is 24.4. The van der Waals surface area contributed by atoms with Crippen LogP contribution in [-0.2, 0) is 19.1 Å². The molecule has 3 amide bonds. The summed E-state index contributed by atoms with van der Waals surface area (Å²) < 4.78 is 10.7. The number of rotatable bonds is 7. The Bertz CT molecular complexity index is 1040. The Morgan fingerprint density at radius 1 is 1.21 bits per heavy atom. The Hall–Kier alpha value is -2.97. The summed E-state index contributed by atoms with van der Waals surface area (Å²) in [7, 11) is 1.14. The number of imide groups is 3. The highest BCUT2D eigenvalue weighted by Gasteiger charge is 2.58. The molecule has 34 heavy (non-hydrogen) atoms. The number of hydrogen-bond donors (Lipinski definition) is 2. The van der Waals surface area contributed by atoms with E-state index in [1.54, 1.807) is 12.1 Å². The van der Waals surface area contributed by atoms with Gasteiger partial charge in [-0.3, -0.25) is 9.59 Å². The van der Waals surface area contributed by atoms with E-state index < -0.39 is 29.7 Å². The van der Waals surface area contributed by atoms with Crippen molar-refractivity contribution in [1.29, 1.82) is 0 Å². The normalized spacial score (nSPS) is 26.7. The number of aromatic hydroxyl groups is 1. The molecule has 0 bridgehead atoms. The van der Waals surface area contributed by atoms with Gasteiger partial charge in [-0.05, 0) is 42.9 Å². The van der Waals surface area contributed by atoms with Crippen molar-refractivity contribution < 1.29 is 34.1 Å². The Morgan fingerprint density at radius 2 is 1.97 bits per heavy atom. The van der Waals surface area contributed by atoms with Gasteiger partial charge in [-0.1, -0.05) is 43.2 Å². The highest BCUT2D eigenvalue weighted by molar-refractivity contribution is 6.16. The van der Waals surface area contributed by atoms with E-state index in [9.17, 15) is 24.6 Å². The van der Waals surface area contributed by atoms with Gasteiger partial charge in [-0.2, -0.15) is 4.90 Å². The van der Waals surface area contributed by atoms with Crippen LogP contribution in [0, 0.1) is 17.8 Å². The Morgan fingerprint density at radius 3 is 2.65 bits per heavy atom. The van der Waals surface area contributed by atoms with Crippen LogP contribution in [0.1, 0.15) is 44.6 Å². The van der Waals surface area contributed by atoms with Crippen molar-refractivity contribution in [2.24, 2.45) is 17.8 Å². The predicted molar refractivity (Wildman–Crippen MR) is 123 cm³/mol. The van der Waals surface area contributed by atoms with E-state index in [1.165, 1.54) is 5.57 Å². The third kappa shape index (κ3) is 4.28. The number of likely N-dealkylation sites (tertiary alicyclic amines) is 1. The minimum Gasteiger partial charge on any atom is -0.507 e. The van der Waals surface area contributed by atoms with Crippen LogP contribution in [0.3, 0.4) is 0 Å². The second-order valence-electron chi connectivity index (χ2n) is 9.11. The SMILES string of the molecule is CCC/C(=C\c1ccccc1O)CC[C@H]1OC[C@H]2C1=C(CO)C[C@H]1C(=O)N(C(=O)OC)C(=O)[C@H]12. The van der Waals surface area contributed by atoms with Crippen molar-refractivity contribution in [2.45, 2.75) is 45.1 Å². The molecule has 2 aliphatic heterocycles. The second-order valence-corrected chi connectivity index (χ2v) is 9.11. The zero-order valence-electron chi connectivity index (χ0n) is 19.5. The molecule has 0 aromatic heterocycles. The number of allylic oxidation sites excluding steroid dienone is 1. The molecule has 1 aromatic carbocycles. The lowest BCUT2D eigenvalue weighted by Gasteiger charge is -2.31. The topological polar surface area (TPSA) is 113 Å². The summed E-state index contributed by atoms with van der Waals surface area (Å²) in [6.07, 6.45) is 4.24. The summed E-state index contributed by atoms with van der Waals surface area (Å²) >= 11 is 0. The number of para-hydroxylation sites is 1. The number of methoxy groups -OCH3 is 1. The molecule has 1 aliphatic carbocycles. The maximum atomic E-state index is 13.0. The highest BCUT2D eigenvalue weighted by atomic mass is 16.5. The van der Waals surface area contributed by atoms with Crippen molar-refractivity contribution >= 4 is 24.0 Å². The first-order valence-corrected chi connectivity index (χ1v) is 11.8. The molecule has 2 saturated heterocycles. The quantitative estimate of drug-likeness (QED) is 0.465. The minimum absolute atomic E-state index is 0.218. The Kier molecular flexibility index (Phi) is 7.19. The highest BCUT2D eigenvalue weighted by Crippen LogP contribution is 2.49. The van der Waals surface area contributed by atoms with Gasteiger partial charge in [0.1, 0.15) is 5.75 Å². The molecule has 3 aliphatic rings. The summed E-state index contributed by atoms with van der Waals surface area (Å²) in [5.74, 6) is -2.57. The molecule has 0 saturated carbocycles. The van der Waals surface area contributed by atoms with Crippen molar-refractivity contribution in [3.8, 4) is 5.75 Å². The van der Waals surface area contributed by atoms with Crippen LogP contribution >= 0.6 is 0 Å². The number of fused-ring (bicyclic) bond motifs is 3. The van der Waals surface area contributed by atoms with Crippen molar-refractivity contribution in [2.75, 3.05) is 20.3 Å². The smallest absolute Gasteiger partial charge is 0.423 e. The van der Waals surface area contributed by atoms with Crippen LogP contribution < -0.4 is 0 Å². The lowest BCUT2D eigenvalue weighted by molar-refractivity contribution is -0.137. The maximum Gasteiger partial charge on any atom is 0.423 e. The summed E-state index contributed by atoms with van der Waals surface area (Å²) in [5, 5.41) is 20.2. The number of nitrogens with zero attached hydrogens (tertiary/aromatic N) is 1. The Labute approximate surface area is 198 Å². The lowest BCUT2D eigenvalue weighted by Crippen LogP contribution is -2.38. The van der Waals surface area contributed by atoms with E-state index in [4.69, 9.17) is 4.74 Å². The largest absolute Gasteiger partial charge is 0.507 e. The summed E-state index contributed by atoms with van der Waals surface area (Å²) in [6.45, 7) is 2.15. The monoisotopic (exact) mass is 469 g/mol. The number of carbonyl (C=O) groups excluding carboxylic acids is 3. The van der Waals surface area contributed by atoms with E-state index in [2.05, 4.69) is 11.7 Å². The third-order valence-corrected chi connectivity index (χ3v) is 7.15. The average molecular weight is 470 g/mol. The van der Waals surface area contributed by atoms with Gasteiger partial charge in [0.25, 0.3) is 0 Å². The number of carbonyl (C=O) groups is 3. The van der Waals surface area contributed by atoms with Gasteiger partial charge < -0.3 is 19.7 Å². The van der Waals surface area contributed by atoms with Gasteiger partial charge in [-0.15, -0.1) is 0 Å². The first-order valence-electron chi connectivity index (χ1n) is 11.8. The summed E-state index contributed by atoms with van der Waals surface area (Å²) in [4.78, 5) is 38.5. The lowest BCUT2D eigenvalue weighted by atomic mass is 9.69. The van der Waals surface area contributed by atoms with E-state index >= 15 is 0 Å². The maximum absolute atomic E-state index is 13.0. The minimum atomic E-state index is -0.967. The molecular weight excluding hydrogens is 438 g/mol. The number of benzene rings is 1. The van der Waals surface area contributed by atoms with Gasteiger partial charge in [0.2, 0.25) is 11.8 Å². The van der Waals surface area contributed by atoms with Crippen molar-refractivity contribution in [3.63, 3.8) is 0 Å². The molecule has 8 heteroatoms. The second kappa shape index (κ2) is 10.1. The van der Waals surface area contributed by atoms with Gasteiger partial charge in [0, 0.05) is 11.5 Å². The molecule has 2 fully saturated rings. The molecule has 0 radical (unpaired) electrons. The number of aliphatic hydroxyl groups excluding tert-OH is 1. The van der Waals surface area contributed by atoms with Gasteiger partial charge in [-0.25, -0.2) is 4.79 Å². The van der Waals surface area contributed by atoms with Gasteiger partial charge in [0.15, 0.2) is 0 Å². The number of hydrogen-bond acceptors (Lipinski definition) is 7. The van der Waals surface area contributed by atoms with E-state index in [-0.39, 0.29) is 37.4 Å². The molecule has 0 spiro atoms. The first-order chi connectivity index (χ1) is 16.4. The summed E-state index contributed by atoms with van der Waals surface area (Å²) in [6, 6.07) is 7.20. The molecule has 1 aromatic rings. The zero-order valence-corrected chi connectivity index (χ0v) is 19.5. The van der Waals surface area contributed by atoms with Crippen LogP contribution in [0.25, 0.3) is 6.08 Å². The van der Waals surface area contributed by atoms with Crippen LogP contribution in [0.2, 0.25) is 0 Å². The van der Waals surface area contributed by atoms with E-state index in [0.717, 1.165) is 43.1 Å². The van der Waals surface area contributed by atoms with E-state index in [0.29, 0.717) is 11.3 Å². The summed E-state index contributed by atoms with van der Waals surface area (Å²) in [5.41, 5.74) is 3.57. The number of amides is 3. The number of ether oxygens (including phenoxy) is 2. The van der Waals surface area contributed by atoms with Crippen molar-refractivity contribution in [3.05, 3.63) is 46.5 Å². The molecule has 2 heterocycles. The molecule has 8 nitrogen and oxygen atoms in total. The third-order valence-electron chi connectivity index (χ3n) is 7.15. The number of phenols is 1. The number of aliphatic hydroxyl groups is 1. The van der Waals surface area contributed by atoms with Gasteiger partial charge in [0.05, 0.1) is 38.3 Å². The van der Waals surface area contributed by atoms with Crippen LogP contribution in [0.15, 0.2) is 41.0 Å². The molecule has 0 unspecified atom stereocenters. The van der Waals surface area contributed by atoms with Crippen LogP contribution in [-0.4, -0.2) is 59.4 Å². The molecule has 2 N–H and O–H groups in total. The number of phenolic OH excluding ortho intramolecular Hbond substituents is 1. The fourth-order valence-corrected chi connectivity index (χ4v) is 5.63. The Balaban J connectivity index is 1.55. The molecule has 4 rings (SSSR count). The predicted octanol–water partition coefficient (Wildman–Crippen LogP) is 3.43. The molecular formula is C26H31NO7. The average Bonchev–Trinajstić information content (AvgIpc) is 3.36. The van der Waals surface area contributed by atoms with Gasteiger partial charge >= 0.3 is 6.09 Å². The first kappa shape index (κ1) is 24.2. The fourth-order valence-electron chi connectivity index (χ4n) is 5.63. The van der Waals surface area contributed by atoms with Crippen LogP contribution in [0.4, 0.5) is 4.79 Å². The van der Waals surface area contributed by atoms with E-state index in [1.807, 2.05) is 18.2 Å². The molecule has 182 valence electrons. The fraction of sp³-hybridized carbons (Fsp3) is 0.500. The standard InChI is InChI=1S/C26H31NO7/c1-3-6-15(11-16-7-4-5-8-20(16)29)9-10-21-22-17(13-28)12-18-23(19(22)14-34-21)25(31)27(24(18)30)26(32)33-2/h4-5,7-8,11,18-19,21,23,28-29H,3,6,9-10,12-14H2,1-2H3/b15-11+/t18-,19+,21-,23-/m1/s1. The molecule has 4 atom stereocenters. The van der Waals surface area contributed by atoms with Crippen LogP contribution in [0.5, 0.6) is 5.75 Å². The van der Waals surface area contributed by atoms with Crippen molar-refractivity contribution in [1.82, 2.24) is 4.90 Å².